The highest BCUT2D eigenvalue weighted by Gasteiger charge is 2.31. The molecule has 0 saturated heterocycles. The Morgan fingerprint density at radius 3 is 2.57 bits per heavy atom. The lowest BCUT2D eigenvalue weighted by Crippen LogP contribution is -2.11. The van der Waals surface area contributed by atoms with Crippen molar-refractivity contribution in [2.75, 3.05) is 0 Å². The summed E-state index contributed by atoms with van der Waals surface area (Å²) in [5.74, 6) is 0.843. The van der Waals surface area contributed by atoms with Crippen LogP contribution in [0.4, 0.5) is 0 Å². The Labute approximate surface area is 85.8 Å². The van der Waals surface area contributed by atoms with Gasteiger partial charge in [-0.05, 0) is 19.1 Å². The molecule has 0 bridgehead atoms. The van der Waals surface area contributed by atoms with Crippen LogP contribution in [0.15, 0.2) is 32.1 Å². The quantitative estimate of drug-likeness (QED) is 0.741. The van der Waals surface area contributed by atoms with Gasteiger partial charge in [0.15, 0.2) is 10.1 Å². The van der Waals surface area contributed by atoms with Crippen molar-refractivity contribution in [1.29, 1.82) is 0 Å². The van der Waals surface area contributed by atoms with Crippen LogP contribution >= 0.6 is 11.6 Å². The maximum Gasteiger partial charge on any atom is 0.239 e. The summed E-state index contributed by atoms with van der Waals surface area (Å²) in [6.07, 6.45) is 1.10. The second-order valence-electron chi connectivity index (χ2n) is 2.78. The summed E-state index contributed by atoms with van der Waals surface area (Å²) < 4.78 is 27.9. The van der Waals surface area contributed by atoms with Crippen LogP contribution in [-0.4, -0.2) is 13.5 Å². The fraction of sp³-hybridized carbons (Fsp3) is 0.125. The molecule has 0 atom stereocenters. The maximum absolute atomic E-state index is 11.5. The molecule has 0 fully saturated rings. The van der Waals surface area contributed by atoms with Crippen molar-refractivity contribution in [3.05, 3.63) is 34.2 Å². The molecule has 0 aromatic carbocycles. The zero-order chi connectivity index (χ0) is 10.3. The van der Waals surface area contributed by atoms with Crippen LogP contribution in [0, 0.1) is 6.92 Å². The monoisotopic (exact) mass is 231 g/mol. The molecule has 0 amide bonds. The standard InChI is InChI=1S/C8H6ClNO3S/c1-5-2-3-6(13-5)8-10-4-7(9)14(8,11)12/h2-4H,1H3. The van der Waals surface area contributed by atoms with E-state index in [1.807, 2.05) is 0 Å². The Balaban J connectivity index is 2.51. The minimum atomic E-state index is -3.62. The zero-order valence-corrected chi connectivity index (χ0v) is 8.76. The fourth-order valence-electron chi connectivity index (χ4n) is 1.09. The van der Waals surface area contributed by atoms with Gasteiger partial charge in [-0.3, -0.25) is 0 Å². The summed E-state index contributed by atoms with van der Waals surface area (Å²) >= 11 is 5.47. The first-order valence-corrected chi connectivity index (χ1v) is 5.63. The van der Waals surface area contributed by atoms with E-state index in [-0.39, 0.29) is 15.2 Å². The first kappa shape index (κ1) is 9.48. The third-order valence-electron chi connectivity index (χ3n) is 1.75. The summed E-state index contributed by atoms with van der Waals surface area (Å²) in [6, 6.07) is 3.22. The van der Waals surface area contributed by atoms with E-state index in [2.05, 4.69) is 4.99 Å². The lowest BCUT2D eigenvalue weighted by molar-refractivity contribution is 0.526. The van der Waals surface area contributed by atoms with Crippen LogP contribution in [-0.2, 0) is 9.84 Å². The summed E-state index contributed by atoms with van der Waals surface area (Å²) in [7, 11) is -3.62. The molecule has 1 aliphatic heterocycles. The van der Waals surface area contributed by atoms with Gasteiger partial charge >= 0.3 is 0 Å². The summed E-state index contributed by atoms with van der Waals surface area (Å²) in [5, 5.41) is -0.129. The molecular weight excluding hydrogens is 226 g/mol. The summed E-state index contributed by atoms with van der Waals surface area (Å²) in [5.41, 5.74) is 0. The number of furan rings is 1. The summed E-state index contributed by atoms with van der Waals surface area (Å²) in [6.45, 7) is 1.72. The molecule has 14 heavy (non-hydrogen) atoms. The molecule has 0 aliphatic carbocycles. The predicted octanol–water partition coefficient (Wildman–Crippen LogP) is 1.80. The van der Waals surface area contributed by atoms with Crippen LogP contribution in [0.1, 0.15) is 11.5 Å². The Morgan fingerprint density at radius 1 is 1.43 bits per heavy atom. The molecule has 0 spiro atoms. The molecule has 0 radical (unpaired) electrons. The van der Waals surface area contributed by atoms with Gasteiger partial charge in [-0.1, -0.05) is 11.6 Å². The number of hydrogen-bond donors (Lipinski definition) is 0. The molecule has 1 aromatic heterocycles. The molecular formula is C8H6ClNO3S. The molecule has 2 heterocycles. The Hall–Kier alpha value is -1.07. The highest BCUT2D eigenvalue weighted by atomic mass is 35.5. The van der Waals surface area contributed by atoms with E-state index >= 15 is 0 Å². The minimum absolute atomic E-state index is 0.129. The van der Waals surface area contributed by atoms with Gasteiger partial charge in [-0.15, -0.1) is 0 Å². The lowest BCUT2D eigenvalue weighted by Gasteiger charge is -1.96. The van der Waals surface area contributed by atoms with Crippen molar-refractivity contribution in [3.63, 3.8) is 0 Å². The van der Waals surface area contributed by atoms with Crippen molar-refractivity contribution in [3.8, 4) is 0 Å². The molecule has 2 rings (SSSR count). The fourth-order valence-corrected chi connectivity index (χ4v) is 2.30. The minimum Gasteiger partial charge on any atom is -0.459 e. The number of sulfone groups is 1. The number of nitrogens with zero attached hydrogens (tertiary/aromatic N) is 1. The second-order valence-corrected chi connectivity index (χ2v) is 5.25. The SMILES string of the molecule is Cc1ccc(C2=NC=C(Cl)S2(=O)=O)o1. The van der Waals surface area contributed by atoms with Crippen LogP contribution in [0.3, 0.4) is 0 Å². The molecule has 1 aliphatic rings. The number of rotatable bonds is 1. The molecule has 1 aromatic rings. The maximum atomic E-state index is 11.5. The van der Waals surface area contributed by atoms with Crippen LogP contribution in [0.5, 0.6) is 0 Å². The number of aliphatic imine (C=N–C) groups is 1. The first-order valence-electron chi connectivity index (χ1n) is 3.77. The van der Waals surface area contributed by atoms with Crippen molar-refractivity contribution in [1.82, 2.24) is 0 Å². The van der Waals surface area contributed by atoms with Gasteiger partial charge in [0.25, 0.3) is 0 Å². The van der Waals surface area contributed by atoms with Crippen molar-refractivity contribution in [2.45, 2.75) is 6.92 Å². The van der Waals surface area contributed by atoms with Gasteiger partial charge in [-0.2, -0.15) is 0 Å². The van der Waals surface area contributed by atoms with Gasteiger partial charge in [-0.25, -0.2) is 13.4 Å². The third-order valence-corrected chi connectivity index (χ3v) is 3.89. The topological polar surface area (TPSA) is 59.6 Å². The van der Waals surface area contributed by atoms with Gasteiger partial charge in [0, 0.05) is 0 Å². The highest BCUT2D eigenvalue weighted by molar-refractivity contribution is 8.11. The van der Waals surface area contributed by atoms with E-state index < -0.39 is 9.84 Å². The van der Waals surface area contributed by atoms with Gasteiger partial charge in [0.1, 0.15) is 5.76 Å². The third kappa shape index (κ3) is 1.29. The lowest BCUT2D eigenvalue weighted by atomic mass is 10.4. The molecule has 74 valence electrons. The van der Waals surface area contributed by atoms with E-state index in [0.717, 1.165) is 6.20 Å². The molecule has 0 N–H and O–H groups in total. The van der Waals surface area contributed by atoms with Crippen molar-refractivity contribution < 1.29 is 12.8 Å². The Bertz CT molecular complexity index is 539. The van der Waals surface area contributed by atoms with E-state index in [9.17, 15) is 8.42 Å². The van der Waals surface area contributed by atoms with Crippen molar-refractivity contribution in [2.24, 2.45) is 4.99 Å². The predicted molar refractivity (Wildman–Crippen MR) is 52.8 cm³/mol. The second kappa shape index (κ2) is 2.96. The Kier molecular flexibility index (Phi) is 2.01. The molecule has 6 heteroatoms. The van der Waals surface area contributed by atoms with Gasteiger partial charge in [0.2, 0.25) is 14.9 Å². The van der Waals surface area contributed by atoms with Crippen LogP contribution in [0.25, 0.3) is 0 Å². The van der Waals surface area contributed by atoms with Crippen LogP contribution < -0.4 is 0 Å². The highest BCUT2D eigenvalue weighted by Crippen LogP contribution is 2.25. The van der Waals surface area contributed by atoms with E-state index in [4.69, 9.17) is 16.0 Å². The zero-order valence-electron chi connectivity index (χ0n) is 7.19. The number of hydrogen-bond acceptors (Lipinski definition) is 4. The van der Waals surface area contributed by atoms with Gasteiger partial charge in [0.05, 0.1) is 6.20 Å². The average Bonchev–Trinajstić information content (AvgIpc) is 2.60. The van der Waals surface area contributed by atoms with E-state index in [0.29, 0.717) is 5.76 Å². The largest absolute Gasteiger partial charge is 0.459 e. The van der Waals surface area contributed by atoms with Gasteiger partial charge < -0.3 is 4.42 Å². The first-order chi connectivity index (χ1) is 6.51. The number of halogens is 1. The van der Waals surface area contributed by atoms with E-state index in [1.54, 1.807) is 19.1 Å². The Morgan fingerprint density at radius 2 is 2.14 bits per heavy atom. The van der Waals surface area contributed by atoms with Crippen molar-refractivity contribution >= 4 is 26.5 Å². The smallest absolute Gasteiger partial charge is 0.239 e. The molecule has 0 unspecified atom stereocenters. The number of aryl methyl sites for hydroxylation is 1. The van der Waals surface area contributed by atoms with Crippen LogP contribution in [0.2, 0.25) is 0 Å². The average molecular weight is 232 g/mol. The molecule has 0 saturated carbocycles. The normalized spacial score (nSPS) is 19.3. The molecule has 4 nitrogen and oxygen atoms in total. The van der Waals surface area contributed by atoms with E-state index in [1.165, 1.54) is 0 Å². The summed E-state index contributed by atoms with van der Waals surface area (Å²) in [4.78, 5) is 3.69.